The number of benzene rings is 3. The summed E-state index contributed by atoms with van der Waals surface area (Å²) in [5.41, 5.74) is 3.11. The normalized spacial score (nSPS) is 10.7. The molecule has 32 heavy (non-hydrogen) atoms. The molecule has 4 aromatic rings. The molecule has 0 atom stereocenters. The summed E-state index contributed by atoms with van der Waals surface area (Å²) < 4.78 is 11.7. The summed E-state index contributed by atoms with van der Waals surface area (Å²) in [5, 5.41) is 7.92. The van der Waals surface area contributed by atoms with Crippen LogP contribution < -0.4 is 14.8 Å². The highest BCUT2D eigenvalue weighted by Gasteiger charge is 2.13. The molecule has 4 rings (SSSR count). The highest BCUT2D eigenvalue weighted by Crippen LogP contribution is 2.21. The molecular weight excluding hydrogens is 406 g/mol. The van der Waals surface area contributed by atoms with Crippen LogP contribution in [0.1, 0.15) is 15.9 Å². The van der Waals surface area contributed by atoms with Crippen LogP contribution in [-0.4, -0.2) is 35.8 Å². The first kappa shape index (κ1) is 21.1. The average molecular weight is 429 g/mol. The molecule has 0 radical (unpaired) electrons. The van der Waals surface area contributed by atoms with Crippen molar-refractivity contribution in [3.05, 3.63) is 84.1 Å². The molecule has 0 bridgehead atoms. The van der Waals surface area contributed by atoms with Crippen LogP contribution in [-0.2, 0) is 17.6 Å². The Morgan fingerprint density at radius 3 is 2.03 bits per heavy atom. The van der Waals surface area contributed by atoms with Crippen LogP contribution in [0.3, 0.4) is 0 Å². The second kappa shape index (κ2) is 9.34. The number of aromatic nitrogens is 2. The van der Waals surface area contributed by atoms with Gasteiger partial charge in [-0.3, -0.25) is 9.59 Å². The molecule has 7 nitrogen and oxygen atoms in total. The third-order valence-corrected chi connectivity index (χ3v) is 5.13. The molecule has 1 heterocycles. The number of amides is 1. The molecule has 0 aliphatic carbocycles. The van der Waals surface area contributed by atoms with Crippen molar-refractivity contribution in [2.45, 2.75) is 12.8 Å². The Morgan fingerprint density at radius 1 is 0.844 bits per heavy atom. The van der Waals surface area contributed by atoms with Crippen molar-refractivity contribution in [1.82, 2.24) is 9.78 Å². The Morgan fingerprint density at radius 2 is 1.44 bits per heavy atom. The van der Waals surface area contributed by atoms with Crippen molar-refractivity contribution in [1.29, 1.82) is 0 Å². The molecular formula is C25H23N3O4. The van der Waals surface area contributed by atoms with Gasteiger partial charge >= 0.3 is 0 Å². The summed E-state index contributed by atoms with van der Waals surface area (Å²) in [5.74, 6) is 1.23. The number of nitrogens with one attached hydrogen (secondary N) is 1. The van der Waals surface area contributed by atoms with Gasteiger partial charge in [0.05, 0.1) is 38.8 Å². The van der Waals surface area contributed by atoms with E-state index in [2.05, 4.69) is 10.4 Å². The van der Waals surface area contributed by atoms with Gasteiger partial charge in [0, 0.05) is 11.1 Å². The zero-order chi connectivity index (χ0) is 22.5. The molecule has 0 saturated heterocycles. The number of rotatable bonds is 7. The molecule has 7 heteroatoms. The average Bonchev–Trinajstić information content (AvgIpc) is 3.23. The number of fused-ring (bicyclic) bond motifs is 1. The smallest absolute Gasteiger partial charge is 0.251 e. The van der Waals surface area contributed by atoms with Crippen LogP contribution >= 0.6 is 0 Å². The van der Waals surface area contributed by atoms with Crippen molar-refractivity contribution < 1.29 is 19.1 Å². The molecule has 0 spiro atoms. The summed E-state index contributed by atoms with van der Waals surface area (Å²) in [6, 6.07) is 20.1. The molecule has 3 aromatic carbocycles. The van der Waals surface area contributed by atoms with Gasteiger partial charge in [-0.15, -0.1) is 0 Å². The number of ether oxygens (including phenoxy) is 2. The van der Waals surface area contributed by atoms with Gasteiger partial charge < -0.3 is 14.8 Å². The minimum Gasteiger partial charge on any atom is -0.497 e. The van der Waals surface area contributed by atoms with Crippen LogP contribution in [0, 0.1) is 0 Å². The number of methoxy groups -OCH3 is 2. The molecule has 0 saturated carbocycles. The number of carbonyl (C=O) groups is 2. The Bertz CT molecular complexity index is 1240. The maximum absolute atomic E-state index is 12.7. The van der Waals surface area contributed by atoms with Gasteiger partial charge in [0.25, 0.3) is 5.91 Å². The number of carbonyl (C=O) groups excluding carboxylic acids is 2. The molecule has 0 unspecified atom stereocenters. The van der Waals surface area contributed by atoms with Gasteiger partial charge in [0.15, 0.2) is 0 Å². The predicted molar refractivity (Wildman–Crippen MR) is 122 cm³/mol. The quantitative estimate of drug-likeness (QED) is 0.478. The van der Waals surface area contributed by atoms with Crippen LogP contribution in [0.4, 0.5) is 5.69 Å². The summed E-state index contributed by atoms with van der Waals surface area (Å²) in [6.07, 6.45) is 2.10. The fourth-order valence-corrected chi connectivity index (χ4v) is 3.44. The lowest BCUT2D eigenvalue weighted by molar-refractivity contribution is -0.115. The van der Waals surface area contributed by atoms with E-state index >= 15 is 0 Å². The topological polar surface area (TPSA) is 82.5 Å². The van der Waals surface area contributed by atoms with E-state index in [1.54, 1.807) is 32.5 Å². The van der Waals surface area contributed by atoms with E-state index in [-0.39, 0.29) is 24.7 Å². The van der Waals surface area contributed by atoms with E-state index in [1.807, 2.05) is 54.6 Å². The van der Waals surface area contributed by atoms with Crippen LogP contribution in [0.5, 0.6) is 11.5 Å². The fraction of sp³-hybridized carbons (Fsp3) is 0.160. The summed E-state index contributed by atoms with van der Waals surface area (Å²) in [7, 11) is 3.21. The zero-order valence-electron chi connectivity index (χ0n) is 17.9. The van der Waals surface area contributed by atoms with Crippen molar-refractivity contribution in [3.8, 4) is 11.5 Å². The SMILES string of the molecule is COc1ccc(CC(=O)Nc2ccc3c(cnn3C(=O)Cc3ccc(OC)cc3)c2)cc1. The Labute approximate surface area is 185 Å². The molecule has 1 amide bonds. The maximum Gasteiger partial charge on any atom is 0.251 e. The monoisotopic (exact) mass is 429 g/mol. The maximum atomic E-state index is 12.7. The first-order valence-electron chi connectivity index (χ1n) is 10.1. The molecule has 162 valence electrons. The van der Waals surface area contributed by atoms with Crippen molar-refractivity contribution in [2.24, 2.45) is 0 Å². The first-order chi connectivity index (χ1) is 15.6. The highest BCUT2D eigenvalue weighted by molar-refractivity contribution is 5.97. The van der Waals surface area contributed by atoms with Crippen molar-refractivity contribution >= 4 is 28.4 Å². The van der Waals surface area contributed by atoms with Crippen LogP contribution in [0.25, 0.3) is 10.9 Å². The van der Waals surface area contributed by atoms with Gasteiger partial charge in [-0.1, -0.05) is 24.3 Å². The molecule has 0 aliphatic rings. The molecule has 0 fully saturated rings. The van der Waals surface area contributed by atoms with Crippen molar-refractivity contribution in [3.63, 3.8) is 0 Å². The zero-order valence-corrected chi connectivity index (χ0v) is 17.9. The molecule has 1 aromatic heterocycles. The minimum absolute atomic E-state index is 0.127. The standard InChI is InChI=1S/C25H23N3O4/c1-31-21-8-3-17(4-9-21)13-24(29)27-20-7-12-23-19(15-20)16-26-28(23)25(30)14-18-5-10-22(32-2)11-6-18/h3-12,15-16H,13-14H2,1-2H3,(H,27,29). The van der Waals surface area contributed by atoms with E-state index in [0.29, 0.717) is 11.2 Å². The van der Waals surface area contributed by atoms with Gasteiger partial charge in [0.2, 0.25) is 5.91 Å². The van der Waals surface area contributed by atoms with E-state index in [1.165, 1.54) is 4.68 Å². The predicted octanol–water partition coefficient (Wildman–Crippen LogP) is 4.12. The van der Waals surface area contributed by atoms with Crippen molar-refractivity contribution in [2.75, 3.05) is 19.5 Å². The summed E-state index contributed by atoms with van der Waals surface area (Å²) >= 11 is 0. The Hall–Kier alpha value is -4.13. The lowest BCUT2D eigenvalue weighted by Crippen LogP contribution is -2.15. The second-order valence-corrected chi connectivity index (χ2v) is 7.32. The molecule has 0 aliphatic heterocycles. The lowest BCUT2D eigenvalue weighted by atomic mass is 10.1. The number of anilines is 1. The van der Waals surface area contributed by atoms with Gasteiger partial charge in [-0.25, -0.2) is 0 Å². The van der Waals surface area contributed by atoms with E-state index in [9.17, 15) is 9.59 Å². The summed E-state index contributed by atoms with van der Waals surface area (Å²) in [4.78, 5) is 25.2. The third kappa shape index (κ3) is 4.78. The largest absolute Gasteiger partial charge is 0.497 e. The Balaban J connectivity index is 1.43. The fourth-order valence-electron chi connectivity index (χ4n) is 3.44. The number of hydrogen-bond donors (Lipinski definition) is 1. The summed E-state index contributed by atoms with van der Waals surface area (Å²) in [6.45, 7) is 0. The lowest BCUT2D eigenvalue weighted by Gasteiger charge is -2.07. The highest BCUT2D eigenvalue weighted by atomic mass is 16.5. The minimum atomic E-state index is -0.138. The van der Waals surface area contributed by atoms with E-state index in [4.69, 9.17) is 9.47 Å². The second-order valence-electron chi connectivity index (χ2n) is 7.32. The number of hydrogen-bond acceptors (Lipinski definition) is 5. The van der Waals surface area contributed by atoms with E-state index in [0.717, 1.165) is 28.0 Å². The van der Waals surface area contributed by atoms with Gasteiger partial charge in [-0.05, 0) is 53.6 Å². The number of nitrogens with zero attached hydrogens (tertiary/aromatic N) is 2. The van der Waals surface area contributed by atoms with Crippen LogP contribution in [0.15, 0.2) is 72.9 Å². The van der Waals surface area contributed by atoms with Crippen LogP contribution in [0.2, 0.25) is 0 Å². The Kier molecular flexibility index (Phi) is 6.17. The molecule has 1 N–H and O–H groups in total. The van der Waals surface area contributed by atoms with E-state index < -0.39 is 0 Å². The van der Waals surface area contributed by atoms with Gasteiger partial charge in [-0.2, -0.15) is 9.78 Å². The van der Waals surface area contributed by atoms with Gasteiger partial charge in [0.1, 0.15) is 11.5 Å². The first-order valence-corrected chi connectivity index (χ1v) is 10.1. The third-order valence-electron chi connectivity index (χ3n) is 5.13.